The van der Waals surface area contributed by atoms with Crippen LogP contribution in [0.25, 0.3) is 0 Å². The second kappa shape index (κ2) is 5.69. The molecule has 0 amide bonds. The number of allylic oxidation sites excluding steroid dienone is 8. The Kier molecular flexibility index (Phi) is 3.90. The zero-order valence-corrected chi connectivity index (χ0v) is 14.9. The molecule has 0 heterocycles. The van der Waals surface area contributed by atoms with E-state index in [0.29, 0.717) is 5.57 Å². The summed E-state index contributed by atoms with van der Waals surface area (Å²) in [5.74, 6) is -1.61. The van der Waals surface area contributed by atoms with Gasteiger partial charge in [0.05, 0.1) is 30.8 Å². The van der Waals surface area contributed by atoms with E-state index in [1.54, 1.807) is 6.08 Å². The van der Waals surface area contributed by atoms with E-state index in [0.717, 1.165) is 28.6 Å². The number of hydrogen-bond acceptors (Lipinski definition) is 5. The van der Waals surface area contributed by atoms with Crippen molar-refractivity contribution in [2.24, 2.45) is 11.3 Å². The molecule has 0 aromatic carbocycles. The Labute approximate surface area is 146 Å². The van der Waals surface area contributed by atoms with Crippen molar-refractivity contribution < 1.29 is 23.9 Å². The number of methoxy groups -OCH3 is 2. The van der Waals surface area contributed by atoms with Gasteiger partial charge in [0.25, 0.3) is 0 Å². The van der Waals surface area contributed by atoms with Gasteiger partial charge in [-0.25, -0.2) is 9.59 Å². The number of ether oxygens (including phenoxy) is 2. The predicted octanol–water partition coefficient (Wildman–Crippen LogP) is 2.61. The van der Waals surface area contributed by atoms with Crippen molar-refractivity contribution in [2.75, 3.05) is 14.2 Å². The second-order valence-electron chi connectivity index (χ2n) is 6.52. The lowest BCUT2D eigenvalue weighted by atomic mass is 9.61. The van der Waals surface area contributed by atoms with E-state index in [2.05, 4.69) is 0 Å². The number of carbonyl (C=O) groups is 3. The van der Waals surface area contributed by atoms with Crippen molar-refractivity contribution >= 4 is 18.2 Å². The van der Waals surface area contributed by atoms with Crippen molar-refractivity contribution in [3.8, 4) is 0 Å². The smallest absolute Gasteiger partial charge is 0.335 e. The number of aldehydes is 1. The Morgan fingerprint density at radius 3 is 2.28 bits per heavy atom. The van der Waals surface area contributed by atoms with Gasteiger partial charge in [-0.05, 0) is 37.5 Å². The first-order chi connectivity index (χ1) is 11.8. The van der Waals surface area contributed by atoms with E-state index in [9.17, 15) is 14.4 Å². The molecule has 4 rings (SSSR count). The normalized spacial score (nSPS) is 27.2. The van der Waals surface area contributed by atoms with Crippen molar-refractivity contribution in [1.29, 1.82) is 0 Å². The molecule has 5 nitrogen and oxygen atoms in total. The van der Waals surface area contributed by atoms with Crippen LogP contribution < -0.4 is 0 Å². The predicted molar refractivity (Wildman–Crippen MR) is 91.3 cm³/mol. The Morgan fingerprint density at radius 2 is 1.72 bits per heavy atom. The minimum atomic E-state index is -1.09. The molecule has 0 aliphatic heterocycles. The lowest BCUT2D eigenvalue weighted by Crippen LogP contribution is -2.38. The first-order valence-corrected chi connectivity index (χ1v) is 8.02. The summed E-state index contributed by atoms with van der Waals surface area (Å²) in [4.78, 5) is 37.3. The van der Waals surface area contributed by atoms with E-state index >= 15 is 0 Å². The summed E-state index contributed by atoms with van der Waals surface area (Å²) in [5.41, 5.74) is 3.30. The Bertz CT molecular complexity index is 863. The van der Waals surface area contributed by atoms with Crippen LogP contribution >= 0.6 is 0 Å². The molecule has 0 radical (unpaired) electrons. The topological polar surface area (TPSA) is 69.7 Å². The summed E-state index contributed by atoms with van der Waals surface area (Å²) >= 11 is 0. The first-order valence-electron chi connectivity index (χ1n) is 8.02. The lowest BCUT2D eigenvalue weighted by Gasteiger charge is -2.39. The molecule has 0 saturated heterocycles. The summed E-state index contributed by atoms with van der Waals surface area (Å²) in [7, 11) is 2.55. The van der Waals surface area contributed by atoms with Gasteiger partial charge in [0.15, 0.2) is 0 Å². The van der Waals surface area contributed by atoms with Crippen LogP contribution in [0.1, 0.15) is 20.8 Å². The van der Waals surface area contributed by atoms with Crippen LogP contribution in [-0.2, 0) is 23.9 Å². The Morgan fingerprint density at radius 1 is 1.08 bits per heavy atom. The van der Waals surface area contributed by atoms with Crippen LogP contribution in [0.2, 0.25) is 0 Å². The maximum atomic E-state index is 12.8. The van der Waals surface area contributed by atoms with Gasteiger partial charge in [0.1, 0.15) is 6.29 Å². The molecule has 4 aliphatic rings. The highest BCUT2D eigenvalue weighted by molar-refractivity contribution is 6.07. The maximum absolute atomic E-state index is 12.8. The number of hydrogen-bond donors (Lipinski definition) is 0. The molecule has 2 atom stereocenters. The zero-order valence-electron chi connectivity index (χ0n) is 14.9. The molecule has 0 N–H and O–H groups in total. The standard InChI is InChI=1S/C20H20O5/c1-10-6-13-8-12(3)20(14(9-21)7-11(2)16(10)20)17(19(23)25-5)15(13)18(22)24-4/h6-9,13H,1-5H3. The summed E-state index contributed by atoms with van der Waals surface area (Å²) in [5, 5.41) is 0. The molecule has 0 fully saturated rings. The van der Waals surface area contributed by atoms with Crippen molar-refractivity contribution in [2.45, 2.75) is 20.8 Å². The van der Waals surface area contributed by atoms with Crippen LogP contribution in [0.4, 0.5) is 0 Å². The SMILES string of the molecule is COC(=O)C1=C(C(=O)OC)C23C(C)=CC1C=C(C)C2=C(C)C=C3C=O. The highest BCUT2D eigenvalue weighted by Crippen LogP contribution is 2.61. The lowest BCUT2D eigenvalue weighted by molar-refractivity contribution is -0.140. The van der Waals surface area contributed by atoms with E-state index in [4.69, 9.17) is 9.47 Å². The molecule has 0 aromatic rings. The number of esters is 2. The molecule has 4 aliphatic carbocycles. The molecular formula is C20H20O5. The van der Waals surface area contributed by atoms with Crippen LogP contribution in [-0.4, -0.2) is 32.4 Å². The molecule has 2 bridgehead atoms. The zero-order chi connectivity index (χ0) is 18.5. The van der Waals surface area contributed by atoms with Crippen LogP contribution in [0.15, 0.2) is 57.2 Å². The Balaban J connectivity index is 2.51. The van der Waals surface area contributed by atoms with Gasteiger partial charge in [0.2, 0.25) is 0 Å². The van der Waals surface area contributed by atoms with E-state index in [-0.39, 0.29) is 11.1 Å². The summed E-state index contributed by atoms with van der Waals surface area (Å²) in [6, 6.07) is 0. The van der Waals surface area contributed by atoms with Gasteiger partial charge in [-0.15, -0.1) is 0 Å². The molecule has 1 spiro atoms. The van der Waals surface area contributed by atoms with E-state index < -0.39 is 23.3 Å². The van der Waals surface area contributed by atoms with Gasteiger partial charge in [-0.2, -0.15) is 0 Å². The van der Waals surface area contributed by atoms with Crippen LogP contribution in [0.5, 0.6) is 0 Å². The van der Waals surface area contributed by atoms with Gasteiger partial charge in [-0.3, -0.25) is 4.79 Å². The fraction of sp³-hybridized carbons (Fsp3) is 0.350. The third-order valence-corrected chi connectivity index (χ3v) is 5.32. The van der Waals surface area contributed by atoms with Gasteiger partial charge < -0.3 is 9.47 Å². The largest absolute Gasteiger partial charge is 0.466 e. The molecule has 0 saturated carbocycles. The third kappa shape index (κ3) is 1.98. The Hall–Kier alpha value is -2.69. The minimum absolute atomic E-state index is 0.185. The minimum Gasteiger partial charge on any atom is -0.466 e. The number of carbonyl (C=O) groups excluding carboxylic acids is 3. The highest BCUT2D eigenvalue weighted by Gasteiger charge is 2.56. The molecule has 25 heavy (non-hydrogen) atoms. The third-order valence-electron chi connectivity index (χ3n) is 5.32. The van der Waals surface area contributed by atoms with Gasteiger partial charge in [0, 0.05) is 11.5 Å². The van der Waals surface area contributed by atoms with Crippen LogP contribution in [0.3, 0.4) is 0 Å². The second-order valence-corrected chi connectivity index (χ2v) is 6.52. The van der Waals surface area contributed by atoms with Crippen molar-refractivity contribution in [3.05, 3.63) is 57.2 Å². The molecule has 5 heteroatoms. The fourth-order valence-corrected chi connectivity index (χ4v) is 4.52. The first kappa shape index (κ1) is 17.1. The summed E-state index contributed by atoms with van der Waals surface area (Å²) in [6.45, 7) is 5.72. The van der Waals surface area contributed by atoms with E-state index in [1.807, 2.05) is 32.9 Å². The molecule has 2 unspecified atom stereocenters. The van der Waals surface area contributed by atoms with Gasteiger partial charge >= 0.3 is 11.9 Å². The average Bonchev–Trinajstić information content (AvgIpc) is 2.76. The summed E-state index contributed by atoms with van der Waals surface area (Å²) in [6.07, 6.45) is 6.39. The summed E-state index contributed by atoms with van der Waals surface area (Å²) < 4.78 is 9.96. The van der Waals surface area contributed by atoms with Crippen LogP contribution in [0, 0.1) is 11.3 Å². The monoisotopic (exact) mass is 340 g/mol. The molecular weight excluding hydrogens is 320 g/mol. The van der Waals surface area contributed by atoms with E-state index in [1.165, 1.54) is 14.2 Å². The number of rotatable bonds is 3. The average molecular weight is 340 g/mol. The molecule has 0 aromatic heterocycles. The van der Waals surface area contributed by atoms with Gasteiger partial charge in [-0.1, -0.05) is 23.8 Å². The molecule has 130 valence electrons. The van der Waals surface area contributed by atoms with Crippen molar-refractivity contribution in [3.63, 3.8) is 0 Å². The fourth-order valence-electron chi connectivity index (χ4n) is 4.52. The highest BCUT2D eigenvalue weighted by atomic mass is 16.5. The maximum Gasteiger partial charge on any atom is 0.335 e. The van der Waals surface area contributed by atoms with Crippen molar-refractivity contribution in [1.82, 2.24) is 0 Å². The quantitative estimate of drug-likeness (QED) is 0.449.